The van der Waals surface area contributed by atoms with Gasteiger partial charge >= 0.3 is 6.03 Å². The number of fused-ring (bicyclic) bond motifs is 4. The second-order valence-electron chi connectivity index (χ2n) is 10.8. The quantitative estimate of drug-likeness (QED) is 0.452. The van der Waals surface area contributed by atoms with E-state index in [1.165, 1.54) is 35.2 Å². The van der Waals surface area contributed by atoms with Gasteiger partial charge in [0.15, 0.2) is 0 Å². The van der Waals surface area contributed by atoms with Crippen LogP contribution in [0.3, 0.4) is 0 Å². The molecule has 0 spiro atoms. The van der Waals surface area contributed by atoms with Crippen LogP contribution in [0.5, 0.6) is 0 Å². The van der Waals surface area contributed by atoms with Crippen molar-refractivity contribution in [3.8, 4) is 11.1 Å². The van der Waals surface area contributed by atoms with Crippen molar-refractivity contribution in [2.75, 3.05) is 24.3 Å². The minimum Gasteiger partial charge on any atom is -0.362 e. The summed E-state index contributed by atoms with van der Waals surface area (Å²) in [7, 11) is 4.12. The Morgan fingerprint density at radius 3 is 2.11 bits per heavy atom. The molecule has 7 nitrogen and oxygen atoms in total. The van der Waals surface area contributed by atoms with E-state index in [0.717, 1.165) is 61.4 Å². The van der Waals surface area contributed by atoms with E-state index < -0.39 is 0 Å². The molecule has 192 valence electrons. The first kappa shape index (κ1) is 23.8. The summed E-state index contributed by atoms with van der Waals surface area (Å²) in [6.45, 7) is 0. The van der Waals surface area contributed by atoms with Crippen molar-refractivity contribution in [1.82, 2.24) is 20.6 Å². The van der Waals surface area contributed by atoms with E-state index in [-0.39, 0.29) is 18.1 Å². The Morgan fingerprint density at radius 1 is 0.811 bits per heavy atom. The first-order valence-electron chi connectivity index (χ1n) is 13.7. The van der Waals surface area contributed by atoms with Gasteiger partial charge in [-0.25, -0.2) is 9.78 Å². The van der Waals surface area contributed by atoms with Gasteiger partial charge < -0.3 is 20.9 Å². The number of urea groups is 1. The monoisotopic (exact) mass is 496 g/mol. The summed E-state index contributed by atoms with van der Waals surface area (Å²) < 4.78 is 0. The van der Waals surface area contributed by atoms with Crippen molar-refractivity contribution in [3.05, 3.63) is 70.9 Å². The Morgan fingerprint density at radius 2 is 1.43 bits per heavy atom. The van der Waals surface area contributed by atoms with Gasteiger partial charge in [-0.15, -0.1) is 0 Å². The van der Waals surface area contributed by atoms with E-state index >= 15 is 0 Å². The highest BCUT2D eigenvalue weighted by atomic mass is 16.2. The topological polar surface area (TPSA) is 82.2 Å². The van der Waals surface area contributed by atoms with Crippen molar-refractivity contribution >= 4 is 17.8 Å². The molecular formula is C30H36N6O. The number of nitrogens with zero attached hydrogens (tertiary/aromatic N) is 3. The smallest absolute Gasteiger partial charge is 0.315 e. The molecule has 37 heavy (non-hydrogen) atoms. The van der Waals surface area contributed by atoms with Crippen molar-refractivity contribution in [2.45, 2.75) is 69.5 Å². The van der Waals surface area contributed by atoms with E-state index in [9.17, 15) is 4.79 Å². The molecule has 0 aliphatic heterocycles. The number of aryl methyl sites for hydroxylation is 1. The van der Waals surface area contributed by atoms with E-state index in [1.807, 2.05) is 12.1 Å². The van der Waals surface area contributed by atoms with E-state index in [2.05, 4.69) is 71.3 Å². The summed E-state index contributed by atoms with van der Waals surface area (Å²) in [4.78, 5) is 24.9. The van der Waals surface area contributed by atoms with Crippen LogP contribution in [0.2, 0.25) is 0 Å². The van der Waals surface area contributed by atoms with E-state index in [4.69, 9.17) is 9.97 Å². The minimum absolute atomic E-state index is 0.0958. The number of hydrogen-bond acceptors (Lipinski definition) is 5. The van der Waals surface area contributed by atoms with Crippen LogP contribution < -0.4 is 20.9 Å². The van der Waals surface area contributed by atoms with E-state index in [0.29, 0.717) is 6.04 Å². The number of benzene rings is 2. The average molecular weight is 497 g/mol. The highest BCUT2D eigenvalue weighted by Gasteiger charge is 2.30. The van der Waals surface area contributed by atoms with Gasteiger partial charge in [-0.1, -0.05) is 48.5 Å². The van der Waals surface area contributed by atoms with Crippen molar-refractivity contribution < 1.29 is 4.79 Å². The summed E-state index contributed by atoms with van der Waals surface area (Å²) in [5.41, 5.74) is 7.25. The first-order chi connectivity index (χ1) is 18.1. The van der Waals surface area contributed by atoms with Crippen molar-refractivity contribution in [1.29, 1.82) is 0 Å². The molecule has 3 aliphatic carbocycles. The van der Waals surface area contributed by atoms with Gasteiger partial charge in [-0.2, -0.15) is 4.98 Å². The van der Waals surface area contributed by atoms with E-state index in [1.54, 1.807) is 0 Å². The predicted octanol–water partition coefficient (Wildman–Crippen LogP) is 5.21. The zero-order valence-corrected chi connectivity index (χ0v) is 21.8. The molecule has 3 aromatic rings. The number of amides is 2. The fourth-order valence-corrected chi connectivity index (χ4v) is 6.24. The fourth-order valence-electron chi connectivity index (χ4n) is 6.24. The second-order valence-corrected chi connectivity index (χ2v) is 10.8. The van der Waals surface area contributed by atoms with Crippen LogP contribution >= 0.6 is 0 Å². The Labute approximate surface area is 219 Å². The average Bonchev–Trinajstić information content (AvgIpc) is 3.23. The molecule has 1 heterocycles. The molecule has 0 unspecified atom stereocenters. The molecule has 7 heteroatoms. The Hall–Kier alpha value is -3.61. The molecule has 0 saturated heterocycles. The Balaban J connectivity index is 1.06. The molecule has 6 rings (SSSR count). The summed E-state index contributed by atoms with van der Waals surface area (Å²) in [6.07, 6.45) is 8.37. The lowest BCUT2D eigenvalue weighted by molar-refractivity contribution is 0.229. The zero-order valence-electron chi connectivity index (χ0n) is 21.8. The standard InChI is InChI=1S/C30H36N6O/c1-36(2)28-25-13-7-8-14-26(25)33-29(35-28)31-19-15-17-20(18-16-19)32-30(37)34-27-23-11-5-3-9-21(23)22-10-4-6-12-24(22)27/h3-6,9-12,19-20,27H,7-8,13-18H2,1-2H3,(H,31,33,35)(H2,32,34,37). The SMILES string of the molecule is CN(C)c1nc(NC2CCC(NC(=O)NC3c4ccccc4-c4ccccc43)CC2)nc2c1CCCC2. The maximum absolute atomic E-state index is 13.0. The lowest BCUT2D eigenvalue weighted by Gasteiger charge is -2.31. The van der Waals surface area contributed by atoms with Gasteiger partial charge in [0, 0.05) is 31.7 Å². The molecule has 3 aliphatic rings. The van der Waals surface area contributed by atoms with Crippen LogP contribution in [0.1, 0.15) is 67.0 Å². The molecule has 1 saturated carbocycles. The summed E-state index contributed by atoms with van der Waals surface area (Å²) in [5, 5.41) is 10.1. The fraction of sp³-hybridized carbons (Fsp3) is 0.433. The molecule has 0 atom stereocenters. The normalized spacial score (nSPS) is 20.4. The third kappa shape index (κ3) is 4.75. The number of nitrogens with one attached hydrogen (secondary N) is 3. The van der Waals surface area contributed by atoms with Crippen LogP contribution in [-0.4, -0.2) is 42.2 Å². The van der Waals surface area contributed by atoms with Crippen molar-refractivity contribution in [3.63, 3.8) is 0 Å². The van der Waals surface area contributed by atoms with Crippen LogP contribution in [-0.2, 0) is 12.8 Å². The van der Waals surface area contributed by atoms with Gasteiger partial charge in [0.1, 0.15) is 5.82 Å². The molecule has 1 fully saturated rings. The number of carbonyl (C=O) groups is 1. The largest absolute Gasteiger partial charge is 0.362 e. The summed E-state index contributed by atoms with van der Waals surface area (Å²) in [6, 6.07) is 17.0. The lowest BCUT2D eigenvalue weighted by atomic mass is 9.91. The van der Waals surface area contributed by atoms with Crippen LogP contribution in [0, 0.1) is 0 Å². The second kappa shape index (κ2) is 10.0. The third-order valence-electron chi connectivity index (χ3n) is 8.09. The van der Waals surface area contributed by atoms with Gasteiger partial charge in [0.25, 0.3) is 0 Å². The highest BCUT2D eigenvalue weighted by molar-refractivity contribution is 5.82. The lowest BCUT2D eigenvalue weighted by Crippen LogP contribution is -2.45. The van der Waals surface area contributed by atoms with Gasteiger partial charge in [0.05, 0.1) is 11.7 Å². The molecule has 1 aromatic heterocycles. The van der Waals surface area contributed by atoms with Crippen LogP contribution in [0.4, 0.5) is 16.6 Å². The highest BCUT2D eigenvalue weighted by Crippen LogP contribution is 2.43. The third-order valence-corrected chi connectivity index (χ3v) is 8.09. The maximum Gasteiger partial charge on any atom is 0.315 e. The number of aromatic nitrogens is 2. The van der Waals surface area contributed by atoms with Crippen molar-refractivity contribution in [2.24, 2.45) is 0 Å². The number of carbonyl (C=O) groups excluding carboxylic acids is 1. The van der Waals surface area contributed by atoms with Crippen LogP contribution in [0.15, 0.2) is 48.5 Å². The Kier molecular flexibility index (Phi) is 6.45. The number of anilines is 2. The summed E-state index contributed by atoms with van der Waals surface area (Å²) >= 11 is 0. The van der Waals surface area contributed by atoms with Gasteiger partial charge in [0.2, 0.25) is 5.95 Å². The van der Waals surface area contributed by atoms with Gasteiger partial charge in [-0.05, 0) is 73.6 Å². The zero-order chi connectivity index (χ0) is 25.4. The number of hydrogen-bond donors (Lipinski definition) is 3. The number of rotatable bonds is 5. The predicted molar refractivity (Wildman–Crippen MR) is 148 cm³/mol. The molecule has 3 N–H and O–H groups in total. The minimum atomic E-state index is -0.113. The molecule has 0 bridgehead atoms. The molecular weight excluding hydrogens is 460 g/mol. The van der Waals surface area contributed by atoms with Crippen LogP contribution in [0.25, 0.3) is 11.1 Å². The first-order valence-corrected chi connectivity index (χ1v) is 13.7. The Bertz CT molecular complexity index is 1250. The molecule has 2 aromatic carbocycles. The maximum atomic E-state index is 13.0. The van der Waals surface area contributed by atoms with Gasteiger partial charge in [-0.3, -0.25) is 0 Å². The summed E-state index contributed by atoms with van der Waals surface area (Å²) in [5.74, 6) is 1.80. The molecule has 0 radical (unpaired) electrons. The molecule has 2 amide bonds.